The average molecular weight is 803 g/mol. The molecule has 0 N–H and O–H groups in total. The molecule has 0 atom stereocenters. The second kappa shape index (κ2) is 13.8. The number of rotatable bonds is 5. The van der Waals surface area contributed by atoms with Crippen LogP contribution >= 0.6 is 0 Å². The van der Waals surface area contributed by atoms with Crippen molar-refractivity contribution in [2.24, 2.45) is 0 Å². The Bertz CT molecular complexity index is 3520. The fourth-order valence-corrected chi connectivity index (χ4v) is 10.2. The monoisotopic (exact) mass is 802 g/mol. The third-order valence-electron chi connectivity index (χ3n) is 12.9. The van der Waals surface area contributed by atoms with E-state index in [0.29, 0.717) is 17.5 Å². The molecule has 0 unspecified atom stereocenters. The Balaban J connectivity index is 1.09. The van der Waals surface area contributed by atoms with E-state index in [1.807, 2.05) is 72.9 Å². The molecule has 2 aliphatic rings. The van der Waals surface area contributed by atoms with Gasteiger partial charge >= 0.3 is 0 Å². The summed E-state index contributed by atoms with van der Waals surface area (Å²) in [5.74, 6) is 1.79. The van der Waals surface area contributed by atoms with Gasteiger partial charge in [-0.1, -0.05) is 146 Å². The number of benzene rings is 8. The fourth-order valence-electron chi connectivity index (χ4n) is 10.2. The van der Waals surface area contributed by atoms with Gasteiger partial charge in [0, 0.05) is 46.2 Å². The normalized spacial score (nSPS) is 12.9. The largest absolute Gasteiger partial charge is 0.256 e. The van der Waals surface area contributed by atoms with Crippen molar-refractivity contribution < 1.29 is 0 Å². The van der Waals surface area contributed by atoms with Gasteiger partial charge in [-0.2, -0.15) is 0 Å². The van der Waals surface area contributed by atoms with E-state index in [1.54, 1.807) is 12.4 Å². The maximum Gasteiger partial charge on any atom is 0.164 e. The SMILES string of the molecule is c1ccc(-c2nc(-c3ccccc3)nc(-c3cc(-c4ccc5c(c4)C4(c6ccccc6-c6ccccc64)c4ccccc4-5)cc(-c4cc5nccnc5c5cccnc45)c3)n2)cc1. The van der Waals surface area contributed by atoms with Crippen molar-refractivity contribution in [3.8, 4) is 78.7 Å². The Hall–Kier alpha value is -8.48. The lowest BCUT2D eigenvalue weighted by atomic mass is 9.70. The number of pyridine rings is 1. The lowest BCUT2D eigenvalue weighted by Crippen LogP contribution is -2.25. The van der Waals surface area contributed by atoms with Gasteiger partial charge in [-0.3, -0.25) is 15.0 Å². The van der Waals surface area contributed by atoms with E-state index in [0.717, 1.165) is 60.9 Å². The minimum atomic E-state index is -0.476. The number of hydrogen-bond donors (Lipinski definition) is 0. The van der Waals surface area contributed by atoms with Crippen LogP contribution in [0.5, 0.6) is 0 Å². The van der Waals surface area contributed by atoms with Gasteiger partial charge in [0.05, 0.1) is 22.0 Å². The zero-order valence-electron chi connectivity index (χ0n) is 33.8. The summed E-state index contributed by atoms with van der Waals surface area (Å²) in [4.78, 5) is 29.9. The van der Waals surface area contributed by atoms with E-state index in [4.69, 9.17) is 29.9 Å². The Kier molecular flexibility index (Phi) is 7.72. The summed E-state index contributed by atoms with van der Waals surface area (Å²) in [7, 11) is 0. The van der Waals surface area contributed by atoms with Crippen molar-refractivity contribution in [2.75, 3.05) is 0 Å². The molecule has 0 radical (unpaired) electrons. The second-order valence-electron chi connectivity index (χ2n) is 16.2. The first-order chi connectivity index (χ1) is 31.2. The summed E-state index contributed by atoms with van der Waals surface area (Å²) < 4.78 is 0. The summed E-state index contributed by atoms with van der Waals surface area (Å²) >= 11 is 0. The van der Waals surface area contributed by atoms with Crippen LogP contribution < -0.4 is 0 Å². The third kappa shape index (κ3) is 5.31. The number of aromatic nitrogens is 6. The molecule has 1 spiro atoms. The van der Waals surface area contributed by atoms with Crippen molar-refractivity contribution in [1.82, 2.24) is 29.9 Å². The van der Waals surface area contributed by atoms with Crippen LogP contribution in [0.1, 0.15) is 22.3 Å². The molecule has 11 aromatic rings. The second-order valence-corrected chi connectivity index (χ2v) is 16.2. The van der Waals surface area contributed by atoms with E-state index in [2.05, 4.69) is 121 Å². The van der Waals surface area contributed by atoms with Crippen LogP contribution in [0.3, 0.4) is 0 Å². The molecular formula is C57H34N6. The van der Waals surface area contributed by atoms with Gasteiger partial charge in [-0.05, 0) is 104 Å². The average Bonchev–Trinajstić information content (AvgIpc) is 3.83. The maximum atomic E-state index is 5.21. The number of fused-ring (bicyclic) bond motifs is 13. The lowest BCUT2D eigenvalue weighted by Gasteiger charge is -2.30. The summed E-state index contributed by atoms with van der Waals surface area (Å²) in [6, 6.07) is 66.9. The fraction of sp³-hybridized carbons (Fsp3) is 0.0175. The lowest BCUT2D eigenvalue weighted by molar-refractivity contribution is 0.794. The van der Waals surface area contributed by atoms with E-state index < -0.39 is 5.41 Å². The molecule has 13 rings (SSSR count). The van der Waals surface area contributed by atoms with Crippen LogP contribution in [-0.4, -0.2) is 29.9 Å². The summed E-state index contributed by atoms with van der Waals surface area (Å²) in [5, 5.41) is 0.943. The predicted octanol–water partition coefficient (Wildman–Crippen LogP) is 13.0. The molecule has 0 aliphatic heterocycles. The van der Waals surface area contributed by atoms with Crippen LogP contribution in [-0.2, 0) is 5.41 Å². The number of hydrogen-bond acceptors (Lipinski definition) is 6. The van der Waals surface area contributed by atoms with Crippen molar-refractivity contribution in [3.63, 3.8) is 0 Å². The van der Waals surface area contributed by atoms with E-state index >= 15 is 0 Å². The Labute approximate surface area is 363 Å². The minimum Gasteiger partial charge on any atom is -0.256 e. The number of nitrogens with zero attached hydrogens (tertiary/aromatic N) is 6. The van der Waals surface area contributed by atoms with Crippen LogP contribution in [0.2, 0.25) is 0 Å². The van der Waals surface area contributed by atoms with Crippen LogP contribution in [0, 0.1) is 0 Å². The highest BCUT2D eigenvalue weighted by atomic mass is 15.0. The van der Waals surface area contributed by atoms with E-state index in [9.17, 15) is 0 Å². The standard InChI is InChI=1S/C57H34N6/c1-3-14-35(15-4-1)54-61-55(36-16-5-2-6-17-36)63-56(62-54)40-31-38(30-39(32-40)46-34-51-53(60-29-28-58-51)45-21-13-27-59-52(45)46)37-25-26-44-43-20-9-12-24-49(43)57(50(44)33-37)47-22-10-7-18-41(47)42-19-8-11-23-48(42)57/h1-34H. The maximum absolute atomic E-state index is 5.21. The quantitative estimate of drug-likeness (QED) is 0.161. The van der Waals surface area contributed by atoms with E-state index in [1.165, 1.54) is 44.5 Å². The van der Waals surface area contributed by atoms with Crippen LogP contribution in [0.25, 0.3) is 101 Å². The molecule has 0 fully saturated rings. The topological polar surface area (TPSA) is 77.3 Å². The third-order valence-corrected chi connectivity index (χ3v) is 12.9. The Morgan fingerprint density at radius 2 is 0.794 bits per heavy atom. The van der Waals surface area contributed by atoms with Crippen LogP contribution in [0.15, 0.2) is 207 Å². The van der Waals surface area contributed by atoms with Crippen molar-refractivity contribution in [2.45, 2.75) is 5.41 Å². The molecule has 0 saturated carbocycles. The zero-order valence-corrected chi connectivity index (χ0v) is 33.8. The molecule has 0 saturated heterocycles. The van der Waals surface area contributed by atoms with Gasteiger partial charge < -0.3 is 0 Å². The molecule has 3 heterocycles. The Morgan fingerprint density at radius 3 is 1.43 bits per heavy atom. The van der Waals surface area contributed by atoms with Gasteiger partial charge in [0.2, 0.25) is 0 Å². The van der Waals surface area contributed by atoms with Gasteiger partial charge in [0.15, 0.2) is 17.5 Å². The molecule has 6 nitrogen and oxygen atoms in total. The van der Waals surface area contributed by atoms with E-state index in [-0.39, 0.29) is 0 Å². The molecule has 2 aliphatic carbocycles. The first kappa shape index (κ1) is 35.3. The first-order valence-corrected chi connectivity index (χ1v) is 21.2. The smallest absolute Gasteiger partial charge is 0.164 e. The molecule has 0 amide bonds. The van der Waals surface area contributed by atoms with Gasteiger partial charge in [0.25, 0.3) is 0 Å². The molecule has 6 heteroatoms. The summed E-state index contributed by atoms with van der Waals surface area (Å²) in [5.41, 5.74) is 19.0. The molecule has 292 valence electrons. The van der Waals surface area contributed by atoms with Crippen LogP contribution in [0.4, 0.5) is 0 Å². The molecule has 3 aromatic heterocycles. The van der Waals surface area contributed by atoms with Gasteiger partial charge in [0.1, 0.15) is 0 Å². The van der Waals surface area contributed by atoms with Crippen molar-refractivity contribution >= 4 is 21.9 Å². The predicted molar refractivity (Wildman–Crippen MR) is 252 cm³/mol. The highest BCUT2D eigenvalue weighted by Crippen LogP contribution is 2.63. The van der Waals surface area contributed by atoms with Crippen molar-refractivity contribution in [1.29, 1.82) is 0 Å². The van der Waals surface area contributed by atoms with Crippen molar-refractivity contribution in [3.05, 3.63) is 229 Å². The highest BCUT2D eigenvalue weighted by molar-refractivity contribution is 6.09. The first-order valence-electron chi connectivity index (χ1n) is 21.2. The van der Waals surface area contributed by atoms with Gasteiger partial charge in [-0.25, -0.2) is 15.0 Å². The molecule has 8 aromatic carbocycles. The minimum absolute atomic E-state index is 0.476. The molecule has 63 heavy (non-hydrogen) atoms. The summed E-state index contributed by atoms with van der Waals surface area (Å²) in [6.45, 7) is 0. The van der Waals surface area contributed by atoms with Gasteiger partial charge in [-0.15, -0.1) is 0 Å². The highest BCUT2D eigenvalue weighted by Gasteiger charge is 2.51. The molecular weight excluding hydrogens is 769 g/mol. The molecule has 0 bridgehead atoms. The zero-order chi connectivity index (χ0) is 41.5. The summed E-state index contributed by atoms with van der Waals surface area (Å²) in [6.07, 6.45) is 5.33. The Morgan fingerprint density at radius 1 is 0.286 bits per heavy atom.